The number of rotatable bonds is 3. The molecule has 69 valence electrons. The van der Waals surface area contributed by atoms with Crippen molar-refractivity contribution in [2.45, 2.75) is 12.7 Å². The zero-order valence-electron chi connectivity index (χ0n) is 8.00. The van der Waals surface area contributed by atoms with E-state index in [4.69, 9.17) is 0 Å². The van der Waals surface area contributed by atoms with Crippen LogP contribution in [0.5, 0.6) is 0 Å². The Bertz CT molecular complexity index is 266. The van der Waals surface area contributed by atoms with E-state index < -0.39 is 0 Å². The van der Waals surface area contributed by atoms with Gasteiger partial charge in [0.15, 0.2) is 0 Å². The Morgan fingerprint density at radius 2 is 2.23 bits per heavy atom. The van der Waals surface area contributed by atoms with Gasteiger partial charge in [-0.05, 0) is 30.9 Å². The summed E-state index contributed by atoms with van der Waals surface area (Å²) in [4.78, 5) is 4.35. The normalized spacial score (nSPS) is 9.15. The van der Waals surface area contributed by atoms with Crippen molar-refractivity contribution in [3.8, 4) is 0 Å². The summed E-state index contributed by atoms with van der Waals surface area (Å²) in [5, 5.41) is 2.80. The second-order valence-electron chi connectivity index (χ2n) is 2.63. The molecule has 0 bridgehead atoms. The molecule has 1 N–H and O–H groups in total. The fraction of sp³-hybridized carbons (Fsp3) is 0.333. The first-order valence-electron chi connectivity index (χ1n) is 3.76. The van der Waals surface area contributed by atoms with Crippen molar-refractivity contribution in [1.82, 2.24) is 4.98 Å². The van der Waals surface area contributed by atoms with Crippen LogP contribution in [-0.4, -0.2) is 11.2 Å². The summed E-state index contributed by atoms with van der Waals surface area (Å²) in [5.74, 6) is 1.80. The maximum absolute atomic E-state index is 4.35. The van der Waals surface area contributed by atoms with Gasteiger partial charge in [0.1, 0.15) is 0 Å². The minimum Gasteiger partial charge on any atom is -0.523 e. The standard InChI is InChI=1S/C9H13N2S.Y/c1-7-4-8(6-12-3)11-9(5-7)10-2;/h4-5H,2,6H2,1,3H3,(H,10,11);/q-1;. The number of hydrogen-bond acceptors (Lipinski definition) is 3. The number of hydrogen-bond donors (Lipinski definition) is 1. The van der Waals surface area contributed by atoms with E-state index >= 15 is 0 Å². The summed E-state index contributed by atoms with van der Waals surface area (Å²) in [5.41, 5.74) is 2.33. The number of anilines is 1. The molecule has 1 rings (SSSR count). The molecule has 2 nitrogen and oxygen atoms in total. The fourth-order valence-corrected chi connectivity index (χ4v) is 1.50. The average Bonchev–Trinajstić information content (AvgIpc) is 2.04. The smallest absolute Gasteiger partial charge is 0.0966 e. The summed E-state index contributed by atoms with van der Waals surface area (Å²) in [7, 11) is 3.58. The summed E-state index contributed by atoms with van der Waals surface area (Å²) >= 11 is 1.77. The van der Waals surface area contributed by atoms with Gasteiger partial charge in [-0.2, -0.15) is 11.8 Å². The van der Waals surface area contributed by atoms with Gasteiger partial charge in [-0.15, -0.1) is 0 Å². The van der Waals surface area contributed by atoms with Crippen LogP contribution in [0.4, 0.5) is 5.82 Å². The summed E-state index contributed by atoms with van der Waals surface area (Å²) in [6.45, 7) is 2.06. The quantitative estimate of drug-likeness (QED) is 0.854. The predicted octanol–water partition coefficient (Wildman–Crippen LogP) is 2.45. The number of thioether (sulfide) groups is 1. The van der Waals surface area contributed by atoms with Crippen LogP contribution in [0, 0.1) is 14.0 Å². The Morgan fingerprint density at radius 1 is 1.54 bits per heavy atom. The van der Waals surface area contributed by atoms with Crippen LogP contribution in [0.15, 0.2) is 12.1 Å². The molecule has 0 spiro atoms. The zero-order valence-corrected chi connectivity index (χ0v) is 11.7. The van der Waals surface area contributed by atoms with Crippen LogP contribution in [0.1, 0.15) is 11.3 Å². The molecule has 0 amide bonds. The number of nitrogens with one attached hydrogen (secondary N) is 1. The van der Waals surface area contributed by atoms with Crippen molar-refractivity contribution in [2.75, 3.05) is 11.6 Å². The van der Waals surface area contributed by atoms with Crippen LogP contribution < -0.4 is 5.32 Å². The van der Waals surface area contributed by atoms with Crippen LogP contribution in [-0.2, 0) is 38.5 Å². The molecule has 0 aliphatic heterocycles. The Balaban J connectivity index is 0.00000144. The van der Waals surface area contributed by atoms with Gasteiger partial charge >= 0.3 is 0 Å². The first kappa shape index (κ1) is 13.4. The fourth-order valence-electron chi connectivity index (χ4n) is 1.05. The number of aryl methyl sites for hydroxylation is 1. The van der Waals surface area contributed by atoms with Gasteiger partial charge in [0.05, 0.1) is 11.5 Å². The van der Waals surface area contributed by atoms with Crippen LogP contribution >= 0.6 is 11.8 Å². The van der Waals surface area contributed by atoms with Gasteiger partial charge < -0.3 is 5.32 Å². The molecule has 1 aromatic heterocycles. The molecule has 1 heterocycles. The Kier molecular flexibility index (Phi) is 7.01. The topological polar surface area (TPSA) is 24.9 Å². The van der Waals surface area contributed by atoms with E-state index in [2.05, 4.69) is 36.6 Å². The Hall–Kier alpha value is 0.404. The van der Waals surface area contributed by atoms with Crippen molar-refractivity contribution >= 4 is 17.6 Å². The summed E-state index contributed by atoms with van der Waals surface area (Å²) in [6.07, 6.45) is 2.07. The van der Waals surface area contributed by atoms with E-state index in [1.807, 2.05) is 6.07 Å². The molecule has 0 fully saturated rings. The minimum absolute atomic E-state index is 0. The molecule has 0 saturated heterocycles. The van der Waals surface area contributed by atoms with E-state index in [9.17, 15) is 0 Å². The molecular weight excluding hydrogens is 257 g/mol. The molecule has 0 saturated carbocycles. The first-order chi connectivity index (χ1) is 5.76. The van der Waals surface area contributed by atoms with E-state index in [0.29, 0.717) is 0 Å². The second-order valence-corrected chi connectivity index (χ2v) is 3.50. The van der Waals surface area contributed by atoms with Crippen LogP contribution in [0.3, 0.4) is 0 Å². The van der Waals surface area contributed by atoms with Gasteiger partial charge in [-0.1, -0.05) is 0 Å². The minimum atomic E-state index is 0. The third-order valence-corrected chi connectivity index (χ3v) is 2.08. The monoisotopic (exact) mass is 270 g/mol. The largest absolute Gasteiger partial charge is 0.523 e. The molecule has 0 aliphatic rings. The Labute approximate surface area is 109 Å². The van der Waals surface area contributed by atoms with Gasteiger partial charge in [0.25, 0.3) is 0 Å². The van der Waals surface area contributed by atoms with Crippen molar-refractivity contribution in [3.63, 3.8) is 0 Å². The van der Waals surface area contributed by atoms with E-state index in [-0.39, 0.29) is 32.7 Å². The summed E-state index contributed by atoms with van der Waals surface area (Å²) in [6, 6.07) is 4.08. The van der Waals surface area contributed by atoms with Crippen molar-refractivity contribution in [3.05, 3.63) is 30.4 Å². The predicted molar refractivity (Wildman–Crippen MR) is 55.2 cm³/mol. The SMILES string of the molecule is [CH2-]Nc1cc(C)cc(CSC)n1.[Y]. The zero-order chi connectivity index (χ0) is 8.97. The van der Waals surface area contributed by atoms with E-state index in [1.54, 1.807) is 11.8 Å². The molecule has 13 heavy (non-hydrogen) atoms. The molecule has 1 aromatic rings. The van der Waals surface area contributed by atoms with Crippen molar-refractivity contribution < 1.29 is 32.7 Å². The van der Waals surface area contributed by atoms with E-state index in [0.717, 1.165) is 17.3 Å². The van der Waals surface area contributed by atoms with E-state index in [1.165, 1.54) is 5.56 Å². The van der Waals surface area contributed by atoms with Gasteiger partial charge in [0.2, 0.25) is 0 Å². The maximum Gasteiger partial charge on any atom is 0.0966 e. The third kappa shape index (κ3) is 4.43. The van der Waals surface area contributed by atoms with Crippen molar-refractivity contribution in [2.24, 2.45) is 0 Å². The molecule has 0 atom stereocenters. The molecule has 4 heteroatoms. The third-order valence-electron chi connectivity index (χ3n) is 1.50. The van der Waals surface area contributed by atoms with Gasteiger partial charge in [0, 0.05) is 38.5 Å². The molecular formula is C9H13N2SY-. The maximum atomic E-state index is 4.35. The van der Waals surface area contributed by atoms with Gasteiger partial charge in [-0.3, -0.25) is 7.05 Å². The first-order valence-corrected chi connectivity index (χ1v) is 5.15. The Morgan fingerprint density at radius 3 is 2.77 bits per heavy atom. The van der Waals surface area contributed by atoms with Crippen LogP contribution in [0.25, 0.3) is 0 Å². The summed E-state index contributed by atoms with van der Waals surface area (Å²) < 4.78 is 0. The van der Waals surface area contributed by atoms with Gasteiger partial charge in [-0.25, -0.2) is 4.98 Å². The van der Waals surface area contributed by atoms with Crippen molar-refractivity contribution in [1.29, 1.82) is 0 Å². The molecule has 0 unspecified atom stereocenters. The number of pyridine rings is 1. The molecule has 0 aromatic carbocycles. The van der Waals surface area contributed by atoms with Crippen LogP contribution in [0.2, 0.25) is 0 Å². The number of nitrogens with zero attached hydrogens (tertiary/aromatic N) is 1. The number of aromatic nitrogens is 1. The molecule has 1 radical (unpaired) electrons. The average molecular weight is 270 g/mol. The second kappa shape index (κ2) is 6.80. The molecule has 0 aliphatic carbocycles.